The zero-order valence-corrected chi connectivity index (χ0v) is 23.4. The molecule has 0 atom stereocenters. The van der Waals surface area contributed by atoms with Gasteiger partial charge in [0.1, 0.15) is 12.4 Å². The van der Waals surface area contributed by atoms with Crippen molar-refractivity contribution in [2.24, 2.45) is 0 Å². The molecule has 0 aliphatic rings. The Labute approximate surface area is 227 Å². The summed E-state index contributed by atoms with van der Waals surface area (Å²) in [5.41, 5.74) is 1.95. The number of hydrogen-bond acceptors (Lipinski definition) is 3. The summed E-state index contributed by atoms with van der Waals surface area (Å²) in [5.74, 6) is 0.815. The van der Waals surface area contributed by atoms with E-state index in [2.05, 4.69) is 24.1 Å². The second kappa shape index (κ2) is 18.9. The maximum Gasteiger partial charge on any atom is 0.124 e. The van der Waals surface area contributed by atoms with Gasteiger partial charge in [-0.15, -0.1) is 24.8 Å². The van der Waals surface area contributed by atoms with E-state index in [1.807, 2.05) is 30.3 Å². The van der Waals surface area contributed by atoms with Crippen LogP contribution in [0.25, 0.3) is 0 Å². The van der Waals surface area contributed by atoms with Crippen LogP contribution in [-0.2, 0) is 13.2 Å². The molecule has 0 aliphatic heterocycles. The lowest BCUT2D eigenvalue weighted by atomic mass is 10.2. The SMILES string of the molecule is CCCCN(CCCC)CCCNCc1cc(Cl)ccc1OCc1ccc(Cl)cc1Cl.Cl.Cl. The Hall–Kier alpha value is -0.390. The van der Waals surface area contributed by atoms with E-state index in [0.29, 0.717) is 28.2 Å². The largest absolute Gasteiger partial charge is 0.489 e. The summed E-state index contributed by atoms with van der Waals surface area (Å²) in [6, 6.07) is 11.2. The molecule has 0 unspecified atom stereocenters. The number of unbranched alkanes of at least 4 members (excludes halogenated alkanes) is 2. The molecule has 2 aromatic carbocycles. The first-order valence-corrected chi connectivity index (χ1v) is 12.4. The lowest BCUT2D eigenvalue weighted by molar-refractivity contribution is 0.260. The number of ether oxygens (including phenoxy) is 1. The maximum absolute atomic E-state index is 6.27. The third kappa shape index (κ3) is 12.8. The summed E-state index contributed by atoms with van der Waals surface area (Å²) < 4.78 is 6.05. The molecule has 0 amide bonds. The van der Waals surface area contributed by atoms with Gasteiger partial charge < -0.3 is 15.0 Å². The molecular weight excluding hydrogens is 522 g/mol. The molecule has 0 spiro atoms. The standard InChI is InChI=1S/C25H35Cl3N2O.2ClH/c1-3-5-13-30(14-6-4-2)15-7-12-29-18-21-16-22(26)10-11-25(21)31-19-20-8-9-23(27)17-24(20)28;;/h8-11,16-17,29H,3-7,12-15,18-19H2,1-2H3;2*1H. The average molecular weight is 559 g/mol. The van der Waals surface area contributed by atoms with Crippen LogP contribution in [0.15, 0.2) is 36.4 Å². The Morgan fingerprint density at radius 3 is 2.03 bits per heavy atom. The first-order valence-electron chi connectivity index (χ1n) is 11.3. The van der Waals surface area contributed by atoms with E-state index in [0.717, 1.165) is 36.4 Å². The third-order valence-electron chi connectivity index (χ3n) is 5.22. The van der Waals surface area contributed by atoms with E-state index in [-0.39, 0.29) is 24.8 Å². The molecule has 3 nitrogen and oxygen atoms in total. The predicted molar refractivity (Wildman–Crippen MR) is 149 cm³/mol. The molecule has 0 heterocycles. The Morgan fingerprint density at radius 1 is 0.788 bits per heavy atom. The van der Waals surface area contributed by atoms with Crippen LogP contribution in [0.5, 0.6) is 5.75 Å². The van der Waals surface area contributed by atoms with Crippen molar-refractivity contribution < 1.29 is 4.74 Å². The Kier molecular flexibility index (Phi) is 18.7. The quantitative estimate of drug-likeness (QED) is 0.222. The smallest absolute Gasteiger partial charge is 0.124 e. The molecule has 0 bridgehead atoms. The van der Waals surface area contributed by atoms with Crippen LogP contribution >= 0.6 is 59.6 Å². The van der Waals surface area contributed by atoms with Crippen molar-refractivity contribution in [2.45, 2.75) is 59.1 Å². The van der Waals surface area contributed by atoms with Gasteiger partial charge in [0.25, 0.3) is 0 Å². The van der Waals surface area contributed by atoms with E-state index in [1.165, 1.54) is 38.8 Å². The molecule has 33 heavy (non-hydrogen) atoms. The van der Waals surface area contributed by atoms with Gasteiger partial charge in [-0.25, -0.2) is 0 Å². The first-order chi connectivity index (χ1) is 15.0. The van der Waals surface area contributed by atoms with E-state index in [4.69, 9.17) is 39.5 Å². The fourth-order valence-corrected chi connectivity index (χ4v) is 4.03. The number of rotatable bonds is 15. The predicted octanol–water partition coefficient (Wildman–Crippen LogP) is 8.45. The van der Waals surface area contributed by atoms with E-state index < -0.39 is 0 Å². The van der Waals surface area contributed by atoms with Gasteiger partial charge >= 0.3 is 0 Å². The summed E-state index contributed by atoms with van der Waals surface area (Å²) in [7, 11) is 0. The summed E-state index contributed by atoms with van der Waals surface area (Å²) in [5, 5.41) is 5.48. The number of nitrogens with one attached hydrogen (secondary N) is 1. The average Bonchev–Trinajstić information content (AvgIpc) is 2.75. The molecule has 0 aliphatic carbocycles. The Balaban J connectivity index is 0.00000512. The van der Waals surface area contributed by atoms with Crippen molar-refractivity contribution in [1.82, 2.24) is 10.2 Å². The minimum absolute atomic E-state index is 0. The molecule has 1 N–H and O–H groups in total. The molecule has 0 aromatic heterocycles. The van der Waals surface area contributed by atoms with E-state index >= 15 is 0 Å². The van der Waals surface area contributed by atoms with Gasteiger partial charge in [0.05, 0.1) is 0 Å². The highest BCUT2D eigenvalue weighted by Gasteiger charge is 2.08. The third-order valence-corrected chi connectivity index (χ3v) is 6.04. The van der Waals surface area contributed by atoms with Gasteiger partial charge in [0.15, 0.2) is 0 Å². The van der Waals surface area contributed by atoms with Gasteiger partial charge in [-0.2, -0.15) is 0 Å². The van der Waals surface area contributed by atoms with Crippen LogP contribution in [0, 0.1) is 0 Å². The highest BCUT2D eigenvalue weighted by atomic mass is 35.5. The normalized spacial score (nSPS) is 10.6. The first kappa shape index (κ1) is 32.6. The molecule has 0 fully saturated rings. The molecule has 2 aromatic rings. The van der Waals surface area contributed by atoms with Gasteiger partial charge in [-0.1, -0.05) is 67.6 Å². The van der Waals surface area contributed by atoms with Gasteiger partial charge in [-0.05, 0) is 75.8 Å². The van der Waals surface area contributed by atoms with Crippen molar-refractivity contribution in [3.63, 3.8) is 0 Å². The number of hydrogen-bond donors (Lipinski definition) is 1. The Bertz CT molecular complexity index is 783. The number of benzene rings is 2. The van der Waals surface area contributed by atoms with E-state index in [1.54, 1.807) is 6.07 Å². The van der Waals surface area contributed by atoms with Crippen LogP contribution in [-0.4, -0.2) is 31.1 Å². The number of halogens is 5. The molecule has 188 valence electrons. The highest BCUT2D eigenvalue weighted by Crippen LogP contribution is 2.26. The summed E-state index contributed by atoms with van der Waals surface area (Å²) in [4.78, 5) is 2.60. The summed E-state index contributed by atoms with van der Waals surface area (Å²) in [6.07, 6.45) is 6.18. The van der Waals surface area contributed by atoms with Crippen molar-refractivity contribution in [1.29, 1.82) is 0 Å². The minimum atomic E-state index is 0. The molecule has 0 radical (unpaired) electrons. The van der Waals surface area contributed by atoms with Crippen LogP contribution < -0.4 is 10.1 Å². The van der Waals surface area contributed by atoms with Gasteiger partial charge in [0.2, 0.25) is 0 Å². The minimum Gasteiger partial charge on any atom is -0.489 e. The summed E-state index contributed by atoms with van der Waals surface area (Å²) >= 11 is 18.5. The maximum atomic E-state index is 6.27. The Morgan fingerprint density at radius 2 is 1.39 bits per heavy atom. The monoisotopic (exact) mass is 556 g/mol. The van der Waals surface area contributed by atoms with Gasteiger partial charge in [0, 0.05) is 32.7 Å². The van der Waals surface area contributed by atoms with Gasteiger partial charge in [-0.3, -0.25) is 0 Å². The van der Waals surface area contributed by atoms with E-state index in [9.17, 15) is 0 Å². The molecular formula is C25H37Cl5N2O. The fraction of sp³-hybridized carbons (Fsp3) is 0.520. The molecule has 2 rings (SSSR count). The van der Waals surface area contributed by atoms with Crippen LogP contribution in [0.3, 0.4) is 0 Å². The zero-order chi connectivity index (χ0) is 22.5. The van der Waals surface area contributed by atoms with Crippen molar-refractivity contribution in [3.8, 4) is 5.75 Å². The topological polar surface area (TPSA) is 24.5 Å². The lowest BCUT2D eigenvalue weighted by Gasteiger charge is -2.22. The van der Waals surface area contributed by atoms with Crippen LogP contribution in [0.2, 0.25) is 15.1 Å². The van der Waals surface area contributed by atoms with Crippen molar-refractivity contribution in [2.75, 3.05) is 26.2 Å². The van der Waals surface area contributed by atoms with Crippen LogP contribution in [0.1, 0.15) is 57.1 Å². The molecule has 0 saturated carbocycles. The molecule has 8 heteroatoms. The van der Waals surface area contributed by atoms with Crippen LogP contribution in [0.4, 0.5) is 0 Å². The lowest BCUT2D eigenvalue weighted by Crippen LogP contribution is -2.29. The molecule has 0 saturated heterocycles. The number of nitrogens with zero attached hydrogens (tertiary/aromatic N) is 1. The zero-order valence-electron chi connectivity index (χ0n) is 19.5. The summed E-state index contributed by atoms with van der Waals surface area (Å²) in [6.45, 7) is 10.1. The highest BCUT2D eigenvalue weighted by molar-refractivity contribution is 6.35. The second-order valence-corrected chi connectivity index (χ2v) is 9.14. The second-order valence-electron chi connectivity index (χ2n) is 7.86. The van der Waals surface area contributed by atoms with Crippen molar-refractivity contribution in [3.05, 3.63) is 62.6 Å². The fourth-order valence-electron chi connectivity index (χ4n) is 3.37. The van der Waals surface area contributed by atoms with Crippen molar-refractivity contribution >= 4 is 59.6 Å².